The summed E-state index contributed by atoms with van der Waals surface area (Å²) >= 11 is 1.43. The quantitative estimate of drug-likeness (QED) is 0.911. The highest BCUT2D eigenvalue weighted by molar-refractivity contribution is 7.14. The van der Waals surface area contributed by atoms with Gasteiger partial charge in [0.05, 0.1) is 23.1 Å². The van der Waals surface area contributed by atoms with Crippen molar-refractivity contribution in [3.63, 3.8) is 0 Å². The van der Waals surface area contributed by atoms with Crippen molar-refractivity contribution in [1.82, 2.24) is 9.97 Å². The van der Waals surface area contributed by atoms with Crippen LogP contribution in [0.1, 0.15) is 36.8 Å². The number of thiazole rings is 1. The van der Waals surface area contributed by atoms with E-state index < -0.39 is 0 Å². The summed E-state index contributed by atoms with van der Waals surface area (Å²) in [5.74, 6) is -0.188. The maximum Gasteiger partial charge on any atom is 0.259 e. The summed E-state index contributed by atoms with van der Waals surface area (Å²) in [6.45, 7) is 6.28. The van der Waals surface area contributed by atoms with Gasteiger partial charge in [-0.3, -0.25) is 15.1 Å². The Morgan fingerprint density at radius 2 is 2.10 bits per heavy atom. The van der Waals surface area contributed by atoms with E-state index in [1.807, 2.05) is 5.38 Å². The minimum atomic E-state index is -0.188. The van der Waals surface area contributed by atoms with Gasteiger partial charge in [-0.25, -0.2) is 4.98 Å². The van der Waals surface area contributed by atoms with Crippen molar-refractivity contribution in [2.75, 3.05) is 17.7 Å². The molecule has 0 fully saturated rings. The van der Waals surface area contributed by atoms with Gasteiger partial charge in [0.25, 0.3) is 5.91 Å². The zero-order valence-corrected chi connectivity index (χ0v) is 12.8. The normalized spacial score (nSPS) is 11.2. The topological polar surface area (TPSA) is 66.9 Å². The number of carbonyl (C=O) groups excluding carboxylic acids is 1. The summed E-state index contributed by atoms with van der Waals surface area (Å²) < 4.78 is 0. The summed E-state index contributed by atoms with van der Waals surface area (Å²) in [5.41, 5.74) is 2.20. The summed E-state index contributed by atoms with van der Waals surface area (Å²) in [5, 5.41) is 8.36. The molecule has 2 aromatic rings. The first-order valence-electron chi connectivity index (χ1n) is 6.31. The van der Waals surface area contributed by atoms with E-state index in [0.29, 0.717) is 16.4 Å². The van der Waals surface area contributed by atoms with Gasteiger partial charge in [-0.15, -0.1) is 11.3 Å². The minimum Gasteiger partial charge on any atom is -0.386 e. The lowest BCUT2D eigenvalue weighted by Crippen LogP contribution is -2.15. The molecule has 106 valence electrons. The fraction of sp³-hybridized carbons (Fsp3) is 0.357. The van der Waals surface area contributed by atoms with Crippen molar-refractivity contribution < 1.29 is 4.79 Å². The summed E-state index contributed by atoms with van der Waals surface area (Å²) in [7, 11) is 1.76. The number of hydrogen-bond acceptors (Lipinski definition) is 5. The van der Waals surface area contributed by atoms with Crippen LogP contribution in [0.25, 0.3) is 0 Å². The molecule has 0 spiro atoms. The van der Waals surface area contributed by atoms with Gasteiger partial charge in [0, 0.05) is 24.0 Å². The van der Waals surface area contributed by atoms with E-state index in [2.05, 4.69) is 41.4 Å². The molecule has 20 heavy (non-hydrogen) atoms. The van der Waals surface area contributed by atoms with E-state index in [1.165, 1.54) is 11.3 Å². The average molecular weight is 290 g/mol. The summed E-state index contributed by atoms with van der Waals surface area (Å²) in [6, 6.07) is 1.68. The molecule has 2 heterocycles. The van der Waals surface area contributed by atoms with E-state index in [-0.39, 0.29) is 11.3 Å². The Bertz CT molecular complexity index is 616. The van der Waals surface area contributed by atoms with Crippen molar-refractivity contribution in [3.05, 3.63) is 35.1 Å². The molecule has 0 atom stereocenters. The smallest absolute Gasteiger partial charge is 0.259 e. The van der Waals surface area contributed by atoms with Crippen LogP contribution in [0, 0.1) is 0 Å². The van der Waals surface area contributed by atoms with Crippen LogP contribution in [0.3, 0.4) is 0 Å². The van der Waals surface area contributed by atoms with Gasteiger partial charge in [-0.1, -0.05) is 20.8 Å². The van der Waals surface area contributed by atoms with Gasteiger partial charge in [0.1, 0.15) is 0 Å². The van der Waals surface area contributed by atoms with Crippen LogP contribution >= 0.6 is 11.3 Å². The number of aromatic nitrogens is 2. The van der Waals surface area contributed by atoms with E-state index in [4.69, 9.17) is 0 Å². The lowest BCUT2D eigenvalue weighted by molar-refractivity contribution is 0.102. The zero-order chi connectivity index (χ0) is 14.8. The number of hydrogen-bond donors (Lipinski definition) is 2. The van der Waals surface area contributed by atoms with Gasteiger partial charge in [0.2, 0.25) is 0 Å². The first-order valence-corrected chi connectivity index (χ1v) is 7.19. The predicted molar refractivity (Wildman–Crippen MR) is 82.6 cm³/mol. The SMILES string of the molecule is CNc1cnccc1C(=O)Nc1nc(C(C)(C)C)cs1. The molecule has 0 aliphatic heterocycles. The molecule has 0 saturated heterocycles. The van der Waals surface area contributed by atoms with Gasteiger partial charge >= 0.3 is 0 Å². The van der Waals surface area contributed by atoms with Crippen molar-refractivity contribution in [3.8, 4) is 0 Å². The molecule has 5 nitrogen and oxygen atoms in total. The molecule has 1 amide bonds. The predicted octanol–water partition coefficient (Wildman–Crippen LogP) is 3.13. The van der Waals surface area contributed by atoms with Gasteiger partial charge in [0.15, 0.2) is 5.13 Å². The van der Waals surface area contributed by atoms with Gasteiger partial charge < -0.3 is 5.32 Å². The average Bonchev–Trinajstić information content (AvgIpc) is 2.87. The maximum atomic E-state index is 12.2. The maximum absolute atomic E-state index is 12.2. The molecule has 0 bridgehead atoms. The molecule has 0 aliphatic rings. The molecule has 0 saturated carbocycles. The molecule has 6 heteroatoms. The number of anilines is 2. The van der Waals surface area contributed by atoms with Crippen LogP contribution in [0.4, 0.5) is 10.8 Å². The lowest BCUT2D eigenvalue weighted by Gasteiger charge is -2.14. The monoisotopic (exact) mass is 290 g/mol. The van der Waals surface area contributed by atoms with Crippen LogP contribution < -0.4 is 10.6 Å². The Morgan fingerprint density at radius 1 is 1.35 bits per heavy atom. The fourth-order valence-corrected chi connectivity index (χ4v) is 2.56. The van der Waals surface area contributed by atoms with E-state index in [0.717, 1.165) is 5.69 Å². The Morgan fingerprint density at radius 3 is 2.70 bits per heavy atom. The number of carbonyl (C=O) groups is 1. The summed E-state index contributed by atoms with van der Waals surface area (Å²) in [6.07, 6.45) is 3.22. The van der Waals surface area contributed by atoms with Crippen molar-refractivity contribution in [2.45, 2.75) is 26.2 Å². The Labute approximate surface area is 122 Å². The largest absolute Gasteiger partial charge is 0.386 e. The number of amides is 1. The Hall–Kier alpha value is -1.95. The summed E-state index contributed by atoms with van der Waals surface area (Å²) in [4.78, 5) is 20.7. The third kappa shape index (κ3) is 3.14. The van der Waals surface area contributed by atoms with Crippen LogP contribution in [0.5, 0.6) is 0 Å². The lowest BCUT2D eigenvalue weighted by atomic mass is 9.93. The highest BCUT2D eigenvalue weighted by atomic mass is 32.1. The van der Waals surface area contributed by atoms with Crippen molar-refractivity contribution >= 4 is 28.1 Å². The standard InChI is InChI=1S/C14H18N4OS/c1-14(2,3)11-8-20-13(17-11)18-12(19)9-5-6-16-7-10(9)15-4/h5-8,15H,1-4H3,(H,17,18,19). The van der Waals surface area contributed by atoms with Crippen LogP contribution in [0.2, 0.25) is 0 Å². The number of rotatable bonds is 3. The van der Waals surface area contributed by atoms with Crippen LogP contribution in [-0.2, 0) is 5.41 Å². The number of nitrogens with one attached hydrogen (secondary N) is 2. The first-order chi connectivity index (χ1) is 9.41. The fourth-order valence-electron chi connectivity index (χ4n) is 1.63. The second-order valence-electron chi connectivity index (χ2n) is 5.41. The molecular formula is C14H18N4OS. The van der Waals surface area contributed by atoms with Gasteiger partial charge in [-0.05, 0) is 6.07 Å². The third-order valence-electron chi connectivity index (χ3n) is 2.83. The molecule has 0 aromatic carbocycles. The van der Waals surface area contributed by atoms with Gasteiger partial charge in [-0.2, -0.15) is 0 Å². The third-order valence-corrected chi connectivity index (χ3v) is 3.59. The number of pyridine rings is 1. The molecule has 0 unspecified atom stereocenters. The Balaban J connectivity index is 2.18. The second kappa shape index (κ2) is 5.58. The molecule has 2 rings (SSSR count). The molecule has 2 aromatic heterocycles. The minimum absolute atomic E-state index is 0.0215. The van der Waals surface area contributed by atoms with E-state index in [1.54, 1.807) is 25.5 Å². The molecular weight excluding hydrogens is 272 g/mol. The highest BCUT2D eigenvalue weighted by Gasteiger charge is 2.19. The molecule has 2 N–H and O–H groups in total. The molecule has 0 radical (unpaired) electrons. The van der Waals surface area contributed by atoms with Crippen LogP contribution in [0.15, 0.2) is 23.8 Å². The van der Waals surface area contributed by atoms with E-state index >= 15 is 0 Å². The van der Waals surface area contributed by atoms with Crippen molar-refractivity contribution in [1.29, 1.82) is 0 Å². The first kappa shape index (κ1) is 14.5. The number of nitrogens with zero attached hydrogens (tertiary/aromatic N) is 2. The zero-order valence-electron chi connectivity index (χ0n) is 12.0. The van der Waals surface area contributed by atoms with Crippen molar-refractivity contribution in [2.24, 2.45) is 0 Å². The van der Waals surface area contributed by atoms with Crippen LogP contribution in [-0.4, -0.2) is 22.9 Å². The second-order valence-corrected chi connectivity index (χ2v) is 6.27. The van der Waals surface area contributed by atoms with E-state index in [9.17, 15) is 4.79 Å². The highest BCUT2D eigenvalue weighted by Crippen LogP contribution is 2.27. The Kier molecular flexibility index (Phi) is 4.04. The molecule has 0 aliphatic carbocycles.